The third-order valence-electron chi connectivity index (χ3n) is 8.01. The number of furan rings is 1. The lowest BCUT2D eigenvalue weighted by Gasteiger charge is -2.32. The molecule has 4 aromatic carbocycles. The van der Waals surface area contributed by atoms with Crippen molar-refractivity contribution in [1.82, 2.24) is 15.0 Å². The van der Waals surface area contributed by atoms with E-state index in [4.69, 9.17) is 28.7 Å². The smallest absolute Gasteiger partial charge is 0.456 e. The van der Waals surface area contributed by atoms with E-state index < -0.39 is 18.3 Å². The number of hydrogen-bond acceptors (Lipinski definition) is 6. The highest BCUT2D eigenvalue weighted by molar-refractivity contribution is 6.67. The minimum atomic E-state index is -0.679. The molecule has 7 heteroatoms. The van der Waals surface area contributed by atoms with Gasteiger partial charge in [-0.2, -0.15) is 0 Å². The molecule has 1 saturated heterocycles. The molecule has 0 aliphatic carbocycles. The molecule has 1 fully saturated rings. The second kappa shape index (κ2) is 9.12. The Balaban J connectivity index is 1.51. The molecule has 2 aromatic heterocycles. The number of para-hydroxylation sites is 1. The molecule has 3 heterocycles. The van der Waals surface area contributed by atoms with Gasteiger partial charge in [0.1, 0.15) is 11.2 Å². The summed E-state index contributed by atoms with van der Waals surface area (Å²) in [4.78, 5) is 14.8. The highest BCUT2D eigenvalue weighted by atomic mass is 16.7. The maximum Gasteiger partial charge on any atom is 0.499 e. The van der Waals surface area contributed by atoms with Crippen molar-refractivity contribution < 1.29 is 13.7 Å². The molecule has 1 aliphatic heterocycles. The first-order valence-electron chi connectivity index (χ1n) is 13.5. The van der Waals surface area contributed by atoms with Crippen LogP contribution in [0.4, 0.5) is 0 Å². The van der Waals surface area contributed by atoms with E-state index >= 15 is 0 Å². The van der Waals surface area contributed by atoms with Gasteiger partial charge in [0, 0.05) is 32.9 Å². The van der Waals surface area contributed by atoms with Gasteiger partial charge in [0.2, 0.25) is 0 Å². The van der Waals surface area contributed by atoms with Crippen LogP contribution in [0, 0.1) is 0 Å². The summed E-state index contributed by atoms with van der Waals surface area (Å²) in [6.07, 6.45) is 0. The largest absolute Gasteiger partial charge is 0.499 e. The van der Waals surface area contributed by atoms with E-state index in [1.807, 2.05) is 84.9 Å². The van der Waals surface area contributed by atoms with Gasteiger partial charge in [-0.15, -0.1) is 0 Å². The van der Waals surface area contributed by atoms with E-state index in [-0.39, 0.29) is 0 Å². The molecule has 0 atom stereocenters. The van der Waals surface area contributed by atoms with Gasteiger partial charge in [-0.3, -0.25) is 0 Å². The summed E-state index contributed by atoms with van der Waals surface area (Å²) in [6, 6.07) is 32.1. The molecule has 0 bridgehead atoms. The van der Waals surface area contributed by atoms with Crippen molar-refractivity contribution in [2.75, 3.05) is 0 Å². The second-order valence-electron chi connectivity index (χ2n) is 11.1. The van der Waals surface area contributed by atoms with E-state index in [0.29, 0.717) is 23.1 Å². The van der Waals surface area contributed by atoms with E-state index in [0.717, 1.165) is 38.5 Å². The van der Waals surface area contributed by atoms with Crippen LogP contribution in [-0.2, 0) is 9.31 Å². The van der Waals surface area contributed by atoms with E-state index in [1.54, 1.807) is 0 Å². The van der Waals surface area contributed by atoms with Gasteiger partial charge >= 0.3 is 7.12 Å². The van der Waals surface area contributed by atoms with Gasteiger partial charge in [0.05, 0.1) is 11.2 Å². The fraction of sp³-hybridized carbons (Fsp3) is 0.182. The Morgan fingerprint density at radius 1 is 0.550 bits per heavy atom. The molecule has 0 radical (unpaired) electrons. The van der Waals surface area contributed by atoms with Crippen molar-refractivity contribution >= 4 is 34.5 Å². The highest BCUT2D eigenvalue weighted by Crippen LogP contribution is 2.39. The quantitative estimate of drug-likeness (QED) is 0.229. The fourth-order valence-electron chi connectivity index (χ4n) is 5.13. The van der Waals surface area contributed by atoms with Gasteiger partial charge in [0.15, 0.2) is 17.5 Å². The summed E-state index contributed by atoms with van der Waals surface area (Å²) >= 11 is 0. The van der Waals surface area contributed by atoms with Crippen LogP contribution in [0.3, 0.4) is 0 Å². The summed E-state index contributed by atoms with van der Waals surface area (Å²) in [7, 11) is -0.679. The summed E-state index contributed by atoms with van der Waals surface area (Å²) in [5.41, 5.74) is 3.81. The number of fused-ring (bicyclic) bond motifs is 3. The van der Waals surface area contributed by atoms with Crippen molar-refractivity contribution in [3.05, 3.63) is 97.1 Å². The minimum Gasteiger partial charge on any atom is -0.456 e. The first-order valence-corrected chi connectivity index (χ1v) is 13.5. The predicted molar refractivity (Wildman–Crippen MR) is 159 cm³/mol. The lowest BCUT2D eigenvalue weighted by molar-refractivity contribution is 0.00578. The van der Waals surface area contributed by atoms with E-state index in [1.165, 1.54) is 0 Å². The summed E-state index contributed by atoms with van der Waals surface area (Å²) in [5, 5.41) is 2.03. The van der Waals surface area contributed by atoms with Crippen LogP contribution in [-0.4, -0.2) is 33.3 Å². The van der Waals surface area contributed by atoms with Gasteiger partial charge in [-0.25, -0.2) is 15.0 Å². The molecule has 0 N–H and O–H groups in total. The van der Waals surface area contributed by atoms with Crippen molar-refractivity contribution in [2.24, 2.45) is 0 Å². The van der Waals surface area contributed by atoms with Crippen LogP contribution in [0.5, 0.6) is 0 Å². The van der Waals surface area contributed by atoms with E-state index in [2.05, 4.69) is 39.8 Å². The standard InChI is InChI=1S/C33H28BN3O3/c1-32(2)33(3,4)40-34(39-32)27-25(20-19-24-23-17-11-12-18-26(23)38-28(24)27)31-36-29(21-13-7-5-8-14-21)35-30(37-31)22-15-9-6-10-16-22/h5-20H,1-4H3. The fourth-order valence-corrected chi connectivity index (χ4v) is 5.13. The van der Waals surface area contributed by atoms with Crippen LogP contribution in [0.15, 0.2) is 101 Å². The van der Waals surface area contributed by atoms with Crippen LogP contribution < -0.4 is 5.46 Å². The Morgan fingerprint density at radius 3 is 1.68 bits per heavy atom. The Hall–Kier alpha value is -4.33. The Labute approximate surface area is 233 Å². The Morgan fingerprint density at radius 2 is 1.07 bits per heavy atom. The molecular formula is C33H28BN3O3. The lowest BCUT2D eigenvalue weighted by atomic mass is 9.74. The molecule has 40 heavy (non-hydrogen) atoms. The van der Waals surface area contributed by atoms with E-state index in [9.17, 15) is 0 Å². The maximum absolute atomic E-state index is 6.59. The van der Waals surface area contributed by atoms with Crippen molar-refractivity contribution in [2.45, 2.75) is 38.9 Å². The second-order valence-corrected chi connectivity index (χ2v) is 11.1. The average molecular weight is 525 g/mol. The zero-order valence-electron chi connectivity index (χ0n) is 22.9. The molecule has 6 aromatic rings. The average Bonchev–Trinajstić information content (AvgIpc) is 3.45. The van der Waals surface area contributed by atoms with Crippen LogP contribution in [0.2, 0.25) is 0 Å². The molecular weight excluding hydrogens is 497 g/mol. The maximum atomic E-state index is 6.59. The molecule has 196 valence electrons. The summed E-state index contributed by atoms with van der Waals surface area (Å²) in [5.74, 6) is 1.71. The molecule has 6 nitrogen and oxygen atoms in total. The predicted octanol–water partition coefficient (Wildman–Crippen LogP) is 7.07. The van der Waals surface area contributed by atoms with Gasteiger partial charge < -0.3 is 13.7 Å². The van der Waals surface area contributed by atoms with Crippen molar-refractivity contribution in [3.8, 4) is 34.2 Å². The lowest BCUT2D eigenvalue weighted by Crippen LogP contribution is -2.41. The number of aromatic nitrogens is 3. The zero-order valence-corrected chi connectivity index (χ0v) is 22.9. The van der Waals surface area contributed by atoms with Gasteiger partial charge in [-0.1, -0.05) is 84.9 Å². The van der Waals surface area contributed by atoms with Crippen molar-refractivity contribution in [1.29, 1.82) is 0 Å². The number of hydrogen-bond donors (Lipinski definition) is 0. The molecule has 0 amide bonds. The zero-order chi connectivity index (χ0) is 27.5. The normalized spacial score (nSPS) is 16.1. The van der Waals surface area contributed by atoms with Gasteiger partial charge in [0.25, 0.3) is 0 Å². The third kappa shape index (κ3) is 4.01. The highest BCUT2D eigenvalue weighted by Gasteiger charge is 2.53. The van der Waals surface area contributed by atoms with Crippen molar-refractivity contribution in [3.63, 3.8) is 0 Å². The Kier molecular flexibility index (Phi) is 5.63. The molecule has 0 unspecified atom stereocenters. The number of rotatable bonds is 4. The summed E-state index contributed by atoms with van der Waals surface area (Å²) < 4.78 is 19.7. The molecule has 7 rings (SSSR count). The van der Waals surface area contributed by atoms with Crippen LogP contribution in [0.25, 0.3) is 56.1 Å². The third-order valence-corrected chi connectivity index (χ3v) is 8.01. The number of benzene rings is 4. The topological polar surface area (TPSA) is 70.3 Å². The minimum absolute atomic E-state index is 0.528. The molecule has 0 spiro atoms. The Bertz CT molecular complexity index is 1790. The van der Waals surface area contributed by atoms with Crippen LogP contribution >= 0.6 is 0 Å². The van der Waals surface area contributed by atoms with Gasteiger partial charge in [-0.05, 0) is 39.8 Å². The first-order chi connectivity index (χ1) is 19.3. The number of nitrogens with zero attached hydrogens (tertiary/aromatic N) is 3. The monoisotopic (exact) mass is 525 g/mol. The first kappa shape index (κ1) is 24.7. The van der Waals surface area contributed by atoms with Crippen LogP contribution in [0.1, 0.15) is 27.7 Å². The molecule has 0 saturated carbocycles. The summed E-state index contributed by atoms with van der Waals surface area (Å²) in [6.45, 7) is 8.20. The molecule has 1 aliphatic rings. The SMILES string of the molecule is CC1(C)OB(c2c(-c3nc(-c4ccccc4)nc(-c4ccccc4)n3)ccc3c2oc2ccccc23)OC1(C)C.